The first kappa shape index (κ1) is 11.4. The molecule has 2 nitrogen and oxygen atoms in total. The average Bonchev–Trinajstić information content (AvgIpc) is 2.51. The lowest BCUT2D eigenvalue weighted by Gasteiger charge is -2.03. The van der Waals surface area contributed by atoms with E-state index in [-0.39, 0.29) is 5.02 Å². The number of hydrogen-bond donors (Lipinski definition) is 1. The fourth-order valence-electron chi connectivity index (χ4n) is 1.52. The first-order chi connectivity index (χ1) is 7.56. The Morgan fingerprint density at radius 3 is 2.81 bits per heavy atom. The Kier molecular flexibility index (Phi) is 3.12. The fourth-order valence-corrected chi connectivity index (χ4v) is 2.00. The molecule has 5 heteroatoms. The van der Waals surface area contributed by atoms with Crippen LogP contribution in [0.25, 0.3) is 0 Å². The molecular formula is C11H10ClFN2S. The van der Waals surface area contributed by atoms with Crippen molar-refractivity contribution in [3.05, 3.63) is 51.3 Å². The van der Waals surface area contributed by atoms with Crippen LogP contribution in [-0.4, -0.2) is 9.55 Å². The van der Waals surface area contributed by atoms with Gasteiger partial charge < -0.3 is 9.55 Å². The summed E-state index contributed by atoms with van der Waals surface area (Å²) in [5, 5.41) is 0.135. The first-order valence-electron chi connectivity index (χ1n) is 4.76. The van der Waals surface area contributed by atoms with Crippen molar-refractivity contribution < 1.29 is 4.39 Å². The third-order valence-electron chi connectivity index (χ3n) is 2.25. The zero-order valence-electron chi connectivity index (χ0n) is 8.63. The Hall–Kier alpha value is -1.13. The summed E-state index contributed by atoms with van der Waals surface area (Å²) in [6.07, 6.45) is 1.92. The van der Waals surface area contributed by atoms with Gasteiger partial charge in [0.15, 0.2) is 4.77 Å². The highest BCUT2D eigenvalue weighted by atomic mass is 35.5. The molecule has 2 rings (SSSR count). The van der Waals surface area contributed by atoms with E-state index < -0.39 is 5.82 Å². The zero-order valence-corrected chi connectivity index (χ0v) is 10.2. The third kappa shape index (κ3) is 2.33. The number of aromatic amines is 1. The second kappa shape index (κ2) is 4.39. The van der Waals surface area contributed by atoms with Gasteiger partial charge in [-0.2, -0.15) is 0 Å². The molecule has 0 radical (unpaired) electrons. The quantitative estimate of drug-likeness (QED) is 0.813. The molecule has 0 unspecified atom stereocenters. The van der Waals surface area contributed by atoms with Gasteiger partial charge in [0.2, 0.25) is 0 Å². The lowest BCUT2D eigenvalue weighted by molar-refractivity contribution is 0.626. The smallest absolute Gasteiger partial charge is 0.177 e. The predicted molar refractivity (Wildman–Crippen MR) is 64.9 cm³/mol. The molecule has 0 aliphatic rings. The minimum atomic E-state index is -0.403. The van der Waals surface area contributed by atoms with Gasteiger partial charge in [0.25, 0.3) is 0 Å². The Bertz CT molecular complexity index is 574. The molecular weight excluding hydrogens is 247 g/mol. The molecule has 0 aliphatic carbocycles. The van der Waals surface area contributed by atoms with Crippen LogP contribution in [0.3, 0.4) is 0 Å². The molecule has 0 saturated carbocycles. The highest BCUT2D eigenvalue weighted by Gasteiger charge is 2.02. The molecule has 0 aliphatic heterocycles. The van der Waals surface area contributed by atoms with E-state index in [1.54, 1.807) is 12.1 Å². The second-order valence-corrected chi connectivity index (χ2v) is 4.41. The molecule has 0 saturated heterocycles. The molecule has 0 atom stereocenters. The summed E-state index contributed by atoms with van der Waals surface area (Å²) in [5.41, 5.74) is 1.92. The number of hydrogen-bond acceptors (Lipinski definition) is 1. The summed E-state index contributed by atoms with van der Waals surface area (Å²) in [6.45, 7) is 2.52. The van der Waals surface area contributed by atoms with Crippen molar-refractivity contribution >= 4 is 23.8 Å². The van der Waals surface area contributed by atoms with Crippen LogP contribution in [0.1, 0.15) is 11.3 Å². The standard InChI is InChI=1S/C11H10ClFN2S/c1-7-5-15(11(16)14-7)6-8-2-3-10(13)9(12)4-8/h2-5H,6H2,1H3,(H,14,16). The van der Waals surface area contributed by atoms with Crippen molar-refractivity contribution in [2.45, 2.75) is 13.5 Å². The van der Waals surface area contributed by atoms with E-state index in [1.807, 2.05) is 17.7 Å². The van der Waals surface area contributed by atoms with Crippen LogP contribution in [0.2, 0.25) is 5.02 Å². The van der Waals surface area contributed by atoms with Crippen LogP contribution in [0.5, 0.6) is 0 Å². The van der Waals surface area contributed by atoms with Crippen LogP contribution in [0.4, 0.5) is 4.39 Å². The third-order valence-corrected chi connectivity index (χ3v) is 2.88. The summed E-state index contributed by atoms with van der Waals surface area (Å²) in [5.74, 6) is -0.403. The molecule has 84 valence electrons. The van der Waals surface area contributed by atoms with Gasteiger partial charge in [0, 0.05) is 18.4 Å². The Labute approximate surface area is 103 Å². The van der Waals surface area contributed by atoms with Gasteiger partial charge in [0.05, 0.1) is 5.02 Å². The monoisotopic (exact) mass is 256 g/mol. The van der Waals surface area contributed by atoms with E-state index in [9.17, 15) is 4.39 Å². The van der Waals surface area contributed by atoms with E-state index in [4.69, 9.17) is 23.8 Å². The van der Waals surface area contributed by atoms with Gasteiger partial charge in [0.1, 0.15) is 5.82 Å². The van der Waals surface area contributed by atoms with E-state index in [0.29, 0.717) is 11.3 Å². The molecule has 0 amide bonds. The van der Waals surface area contributed by atoms with Crippen LogP contribution in [0, 0.1) is 17.5 Å². The maximum absolute atomic E-state index is 13.0. The molecule has 1 heterocycles. The molecule has 0 fully saturated rings. The maximum atomic E-state index is 13.0. The number of benzene rings is 1. The summed E-state index contributed by atoms with van der Waals surface area (Å²) in [6, 6.07) is 4.67. The predicted octanol–water partition coefficient (Wildman–Crippen LogP) is 3.69. The molecule has 1 N–H and O–H groups in total. The number of halogens is 2. The van der Waals surface area contributed by atoms with Crippen LogP contribution in [0.15, 0.2) is 24.4 Å². The molecule has 0 spiro atoms. The van der Waals surface area contributed by atoms with Crippen molar-refractivity contribution in [1.29, 1.82) is 0 Å². The number of aryl methyl sites for hydroxylation is 1. The van der Waals surface area contributed by atoms with Crippen molar-refractivity contribution in [2.75, 3.05) is 0 Å². The Morgan fingerprint density at radius 2 is 2.25 bits per heavy atom. The van der Waals surface area contributed by atoms with Crippen molar-refractivity contribution in [3.8, 4) is 0 Å². The number of aromatic nitrogens is 2. The highest BCUT2D eigenvalue weighted by Crippen LogP contribution is 2.17. The minimum absolute atomic E-state index is 0.135. The zero-order chi connectivity index (χ0) is 11.7. The van der Waals surface area contributed by atoms with E-state index in [0.717, 1.165) is 11.3 Å². The second-order valence-electron chi connectivity index (χ2n) is 3.62. The van der Waals surface area contributed by atoms with Crippen LogP contribution in [-0.2, 0) is 6.54 Å². The number of rotatable bonds is 2. The van der Waals surface area contributed by atoms with Crippen molar-refractivity contribution in [3.63, 3.8) is 0 Å². The SMILES string of the molecule is Cc1cn(Cc2ccc(F)c(Cl)c2)c(=S)[nH]1. The molecule has 1 aromatic heterocycles. The van der Waals surface area contributed by atoms with Crippen LogP contribution >= 0.6 is 23.8 Å². The number of nitrogens with one attached hydrogen (secondary N) is 1. The van der Waals surface area contributed by atoms with Crippen molar-refractivity contribution in [2.24, 2.45) is 0 Å². The van der Waals surface area contributed by atoms with Gasteiger partial charge in [-0.15, -0.1) is 0 Å². The Balaban J connectivity index is 2.30. The number of nitrogens with zero attached hydrogens (tertiary/aromatic N) is 1. The van der Waals surface area contributed by atoms with E-state index >= 15 is 0 Å². The van der Waals surface area contributed by atoms with Gasteiger partial charge in [-0.3, -0.25) is 0 Å². The fraction of sp³-hybridized carbons (Fsp3) is 0.182. The lowest BCUT2D eigenvalue weighted by Crippen LogP contribution is -1.98. The molecule has 2 aromatic rings. The number of H-pyrrole nitrogens is 1. The number of imidazole rings is 1. The normalized spacial score (nSPS) is 10.7. The van der Waals surface area contributed by atoms with E-state index in [2.05, 4.69) is 4.98 Å². The highest BCUT2D eigenvalue weighted by molar-refractivity contribution is 7.71. The topological polar surface area (TPSA) is 20.7 Å². The van der Waals surface area contributed by atoms with Gasteiger partial charge in [-0.05, 0) is 36.8 Å². The van der Waals surface area contributed by atoms with Gasteiger partial charge >= 0.3 is 0 Å². The van der Waals surface area contributed by atoms with Gasteiger partial charge in [-0.1, -0.05) is 17.7 Å². The summed E-state index contributed by atoms with van der Waals surface area (Å²) in [7, 11) is 0. The summed E-state index contributed by atoms with van der Waals surface area (Å²) < 4.78 is 15.5. The minimum Gasteiger partial charge on any atom is -0.335 e. The van der Waals surface area contributed by atoms with Crippen molar-refractivity contribution in [1.82, 2.24) is 9.55 Å². The first-order valence-corrected chi connectivity index (χ1v) is 5.55. The lowest BCUT2D eigenvalue weighted by atomic mass is 10.2. The molecule has 1 aromatic carbocycles. The summed E-state index contributed by atoms with van der Waals surface area (Å²) >= 11 is 10.8. The molecule has 16 heavy (non-hydrogen) atoms. The average molecular weight is 257 g/mol. The molecule has 0 bridgehead atoms. The van der Waals surface area contributed by atoms with Gasteiger partial charge in [-0.25, -0.2) is 4.39 Å². The maximum Gasteiger partial charge on any atom is 0.177 e. The summed E-state index contributed by atoms with van der Waals surface area (Å²) in [4.78, 5) is 3.02. The van der Waals surface area contributed by atoms with E-state index in [1.165, 1.54) is 6.07 Å². The Morgan fingerprint density at radius 1 is 1.50 bits per heavy atom. The van der Waals surface area contributed by atoms with Crippen LogP contribution < -0.4 is 0 Å². The largest absolute Gasteiger partial charge is 0.335 e.